The molecule has 0 aliphatic heterocycles. The Balaban J connectivity index is 4.23. The smallest absolute Gasteiger partial charge is 0.426 e. The highest BCUT2D eigenvalue weighted by Gasteiger charge is 2.30. The lowest BCUT2D eigenvalue weighted by Gasteiger charge is -2.27. The lowest BCUT2D eigenvalue weighted by molar-refractivity contribution is -0.124. The largest absolute Gasteiger partial charge is 0.475 e. The molecule has 5 N–H and O–H groups in total. The molecule has 0 unspecified atom stereocenters. The third-order valence-electron chi connectivity index (χ3n) is 2.03. The highest BCUT2D eigenvalue weighted by molar-refractivity contribution is 6.43. The second-order valence-electron chi connectivity index (χ2n) is 4.55. The summed E-state index contributed by atoms with van der Waals surface area (Å²) in [4.78, 5) is 11.4. The highest BCUT2D eigenvalue weighted by atomic mass is 16.4. The van der Waals surface area contributed by atoms with E-state index in [2.05, 4.69) is 5.32 Å². The van der Waals surface area contributed by atoms with Crippen molar-refractivity contribution in [3.8, 4) is 0 Å². The zero-order valence-electron chi connectivity index (χ0n) is 9.11. The van der Waals surface area contributed by atoms with Gasteiger partial charge in [-0.3, -0.25) is 4.79 Å². The van der Waals surface area contributed by atoms with E-state index in [1.165, 1.54) is 6.92 Å². The number of nitrogens with two attached hydrogens (primary N) is 1. The maximum absolute atomic E-state index is 11.4. The van der Waals surface area contributed by atoms with Crippen LogP contribution in [-0.2, 0) is 4.79 Å². The van der Waals surface area contributed by atoms with Crippen molar-refractivity contribution in [1.29, 1.82) is 0 Å². The minimum atomic E-state index is -1.56. The molecule has 0 radical (unpaired) electrons. The lowest BCUT2D eigenvalue weighted by Crippen LogP contribution is -2.54. The molecule has 0 saturated heterocycles. The molecule has 6 heteroatoms. The first-order chi connectivity index (χ1) is 6.16. The molecular formula is C8H19BN2O3. The standard InChI is InChI=1S/C8H19BN2O3/c1-5(9(13)14)11-7(12)6(10)8(2,3)4/h5-6,13-14H,10H2,1-4H3,(H,11,12)/t5-,6+/m0/s1. The van der Waals surface area contributed by atoms with Crippen LogP contribution in [-0.4, -0.2) is 35.1 Å². The van der Waals surface area contributed by atoms with Crippen LogP contribution in [0.2, 0.25) is 0 Å². The van der Waals surface area contributed by atoms with Gasteiger partial charge in [0.05, 0.1) is 12.0 Å². The molecule has 14 heavy (non-hydrogen) atoms. The Morgan fingerprint density at radius 1 is 1.43 bits per heavy atom. The monoisotopic (exact) mass is 202 g/mol. The van der Waals surface area contributed by atoms with E-state index >= 15 is 0 Å². The molecule has 82 valence electrons. The van der Waals surface area contributed by atoms with Gasteiger partial charge in [0.15, 0.2) is 0 Å². The van der Waals surface area contributed by atoms with E-state index in [0.29, 0.717) is 0 Å². The zero-order valence-corrected chi connectivity index (χ0v) is 9.11. The molecule has 0 bridgehead atoms. The summed E-state index contributed by atoms with van der Waals surface area (Å²) in [5.74, 6) is -1.09. The van der Waals surface area contributed by atoms with Crippen molar-refractivity contribution >= 4 is 13.0 Å². The average Bonchev–Trinajstić information content (AvgIpc) is 2.00. The molecule has 0 aromatic carbocycles. The van der Waals surface area contributed by atoms with Crippen molar-refractivity contribution in [3.63, 3.8) is 0 Å². The van der Waals surface area contributed by atoms with Gasteiger partial charge in [0, 0.05) is 0 Å². The van der Waals surface area contributed by atoms with Crippen molar-refractivity contribution in [2.75, 3.05) is 0 Å². The van der Waals surface area contributed by atoms with Crippen molar-refractivity contribution in [2.45, 2.75) is 39.7 Å². The Hall–Kier alpha value is -0.585. The van der Waals surface area contributed by atoms with Gasteiger partial charge in [-0.25, -0.2) is 0 Å². The van der Waals surface area contributed by atoms with Crippen LogP contribution in [0, 0.1) is 5.41 Å². The number of carbonyl (C=O) groups is 1. The lowest BCUT2D eigenvalue weighted by atomic mass is 9.80. The Labute approximate surface area is 84.8 Å². The van der Waals surface area contributed by atoms with Gasteiger partial charge in [0.2, 0.25) is 5.91 Å². The van der Waals surface area contributed by atoms with Crippen LogP contribution in [0.1, 0.15) is 27.7 Å². The van der Waals surface area contributed by atoms with E-state index in [-0.39, 0.29) is 11.3 Å². The van der Waals surface area contributed by atoms with Crippen molar-refractivity contribution in [3.05, 3.63) is 0 Å². The number of nitrogens with one attached hydrogen (secondary N) is 1. The van der Waals surface area contributed by atoms with E-state index in [4.69, 9.17) is 15.8 Å². The van der Waals surface area contributed by atoms with Crippen LogP contribution in [0.15, 0.2) is 0 Å². The number of hydrogen-bond donors (Lipinski definition) is 4. The SMILES string of the molecule is C[C@H](NC(=O)[C@@H](N)C(C)(C)C)B(O)O. The normalized spacial score (nSPS) is 15.9. The molecule has 0 aliphatic rings. The van der Waals surface area contributed by atoms with E-state index < -0.39 is 19.1 Å². The second kappa shape index (κ2) is 4.77. The van der Waals surface area contributed by atoms with Gasteiger partial charge in [0.1, 0.15) is 0 Å². The number of amides is 1. The molecule has 0 heterocycles. The first-order valence-corrected chi connectivity index (χ1v) is 4.58. The fourth-order valence-corrected chi connectivity index (χ4v) is 0.782. The minimum Gasteiger partial charge on any atom is -0.426 e. The summed E-state index contributed by atoms with van der Waals surface area (Å²) in [7, 11) is -1.56. The summed E-state index contributed by atoms with van der Waals surface area (Å²) < 4.78 is 0. The topological polar surface area (TPSA) is 95.6 Å². The van der Waals surface area contributed by atoms with Gasteiger partial charge in [-0.2, -0.15) is 0 Å². The zero-order chi connectivity index (χ0) is 11.5. The predicted molar refractivity (Wildman–Crippen MR) is 55.2 cm³/mol. The highest BCUT2D eigenvalue weighted by Crippen LogP contribution is 2.17. The molecular weight excluding hydrogens is 183 g/mol. The maximum atomic E-state index is 11.4. The molecule has 0 aromatic heterocycles. The van der Waals surface area contributed by atoms with Gasteiger partial charge >= 0.3 is 7.12 Å². The van der Waals surface area contributed by atoms with Crippen LogP contribution in [0.3, 0.4) is 0 Å². The molecule has 0 spiro atoms. The first-order valence-electron chi connectivity index (χ1n) is 4.58. The first kappa shape index (κ1) is 13.4. The Kier molecular flexibility index (Phi) is 4.57. The van der Waals surface area contributed by atoms with Crippen molar-refractivity contribution < 1.29 is 14.8 Å². The molecule has 0 saturated carbocycles. The van der Waals surface area contributed by atoms with Crippen LogP contribution < -0.4 is 11.1 Å². The molecule has 2 atom stereocenters. The Morgan fingerprint density at radius 3 is 2.14 bits per heavy atom. The third kappa shape index (κ3) is 4.08. The third-order valence-corrected chi connectivity index (χ3v) is 2.03. The van der Waals surface area contributed by atoms with Gasteiger partial charge in [-0.1, -0.05) is 20.8 Å². The van der Waals surface area contributed by atoms with E-state index in [0.717, 1.165) is 0 Å². The van der Waals surface area contributed by atoms with E-state index in [1.54, 1.807) is 0 Å². The fraction of sp³-hybridized carbons (Fsp3) is 0.875. The second-order valence-corrected chi connectivity index (χ2v) is 4.55. The minimum absolute atomic E-state index is 0.343. The quantitative estimate of drug-likeness (QED) is 0.436. The summed E-state index contributed by atoms with van der Waals surface area (Å²) in [6.07, 6.45) is 0. The molecule has 1 amide bonds. The predicted octanol–water partition coefficient (Wildman–Crippen LogP) is -1.12. The van der Waals surface area contributed by atoms with Crippen LogP contribution >= 0.6 is 0 Å². The number of carbonyl (C=O) groups excluding carboxylic acids is 1. The maximum Gasteiger partial charge on any atom is 0.475 e. The van der Waals surface area contributed by atoms with Crippen LogP contribution in [0.4, 0.5) is 0 Å². The van der Waals surface area contributed by atoms with Crippen LogP contribution in [0.5, 0.6) is 0 Å². The van der Waals surface area contributed by atoms with Gasteiger partial charge in [-0.15, -0.1) is 0 Å². The van der Waals surface area contributed by atoms with Crippen LogP contribution in [0.25, 0.3) is 0 Å². The Morgan fingerprint density at radius 2 is 1.86 bits per heavy atom. The fourth-order valence-electron chi connectivity index (χ4n) is 0.782. The van der Waals surface area contributed by atoms with Gasteiger partial charge in [0.25, 0.3) is 0 Å². The van der Waals surface area contributed by atoms with Crippen molar-refractivity contribution in [1.82, 2.24) is 5.32 Å². The summed E-state index contributed by atoms with van der Waals surface area (Å²) in [6, 6.07) is -0.663. The number of rotatable bonds is 3. The Bertz CT molecular complexity index is 203. The summed E-state index contributed by atoms with van der Waals surface area (Å²) in [6.45, 7) is 7.03. The van der Waals surface area contributed by atoms with Gasteiger partial charge in [-0.05, 0) is 12.3 Å². The molecule has 5 nitrogen and oxygen atoms in total. The molecule has 0 aromatic rings. The van der Waals surface area contributed by atoms with Crippen molar-refractivity contribution in [2.24, 2.45) is 11.1 Å². The van der Waals surface area contributed by atoms with E-state index in [1.807, 2.05) is 20.8 Å². The van der Waals surface area contributed by atoms with E-state index in [9.17, 15) is 4.79 Å². The number of hydrogen-bond acceptors (Lipinski definition) is 4. The molecule has 0 aliphatic carbocycles. The molecule has 0 rings (SSSR count). The average molecular weight is 202 g/mol. The summed E-state index contributed by atoms with van der Waals surface area (Å²) >= 11 is 0. The summed E-state index contributed by atoms with van der Waals surface area (Å²) in [5.41, 5.74) is 5.32. The molecule has 0 fully saturated rings. The summed E-state index contributed by atoms with van der Waals surface area (Å²) in [5, 5.41) is 19.9. The van der Waals surface area contributed by atoms with Gasteiger partial charge < -0.3 is 21.1 Å².